The topological polar surface area (TPSA) is 207 Å². The van der Waals surface area contributed by atoms with Gasteiger partial charge in [0.25, 0.3) is 11.8 Å². The Morgan fingerprint density at radius 1 is 1.30 bits per heavy atom. The fourth-order valence-electron chi connectivity index (χ4n) is 3.30. The summed E-state index contributed by atoms with van der Waals surface area (Å²) in [5.41, 5.74) is 5.61. The summed E-state index contributed by atoms with van der Waals surface area (Å²) in [4.78, 5) is 62.4. The van der Waals surface area contributed by atoms with E-state index in [9.17, 15) is 24.3 Å². The summed E-state index contributed by atoms with van der Waals surface area (Å²) in [6.07, 6.45) is 3.15. The molecule has 0 aliphatic carbocycles. The summed E-state index contributed by atoms with van der Waals surface area (Å²) in [5.74, 6) is -4.95. The summed E-state index contributed by atoms with van der Waals surface area (Å²) in [5, 5.41) is 25.5. The Morgan fingerprint density at radius 3 is 2.65 bits per heavy atom. The second-order valence-corrected chi connectivity index (χ2v) is 9.41. The van der Waals surface area contributed by atoms with E-state index in [1.165, 1.54) is 17.1 Å². The molecule has 192 valence electrons. The number of nitrogens with one attached hydrogen (secondary N) is 1. The molecule has 14 nitrogen and oxygen atoms in total. The van der Waals surface area contributed by atoms with Crippen LogP contribution in [0.1, 0.15) is 11.3 Å². The zero-order valence-corrected chi connectivity index (χ0v) is 20.3. The Labute approximate surface area is 216 Å². The number of thiazole rings is 1. The first kappa shape index (κ1) is 25.6. The zero-order chi connectivity index (χ0) is 26.7. The first-order valence-electron chi connectivity index (χ1n) is 10.3. The maximum atomic E-state index is 13.0. The summed E-state index contributed by atoms with van der Waals surface area (Å²) in [7, 11) is 0. The molecule has 2 aliphatic rings. The number of carbonyl (C=O) groups is 4. The lowest BCUT2D eigenvalue weighted by atomic mass is 10.0. The number of β-lactam (4-membered cyclic amide) rings is 1. The van der Waals surface area contributed by atoms with Crippen molar-refractivity contribution < 1.29 is 39.0 Å². The van der Waals surface area contributed by atoms with E-state index >= 15 is 0 Å². The Hall–Kier alpha value is -4.44. The third-order valence-corrected chi connectivity index (χ3v) is 6.98. The van der Waals surface area contributed by atoms with Gasteiger partial charge in [-0.1, -0.05) is 5.16 Å². The molecule has 2 atom stereocenters. The lowest BCUT2D eigenvalue weighted by molar-refractivity contribution is -0.150. The molecule has 5 N–H and O–H groups in total. The van der Waals surface area contributed by atoms with Gasteiger partial charge in [0.2, 0.25) is 5.76 Å². The number of anilines is 1. The van der Waals surface area contributed by atoms with Crippen molar-refractivity contribution in [2.24, 2.45) is 5.16 Å². The Bertz CT molecular complexity index is 1340. The van der Waals surface area contributed by atoms with Gasteiger partial charge in [-0.2, -0.15) is 0 Å². The number of aromatic nitrogens is 2. The summed E-state index contributed by atoms with van der Waals surface area (Å²) >= 11 is 2.20. The number of nitrogen functional groups attached to an aromatic ring is 1. The number of amides is 2. The monoisotopic (exact) mass is 546 g/mol. The van der Waals surface area contributed by atoms with E-state index in [1.807, 2.05) is 0 Å². The number of nitrogens with zero attached hydrogens (tertiary/aromatic N) is 4. The molecule has 0 saturated carbocycles. The molecule has 2 aromatic rings. The van der Waals surface area contributed by atoms with Crippen LogP contribution in [0.25, 0.3) is 0 Å². The van der Waals surface area contributed by atoms with Crippen LogP contribution in [-0.2, 0) is 35.4 Å². The van der Waals surface area contributed by atoms with E-state index in [-0.39, 0.29) is 34.6 Å². The van der Waals surface area contributed by atoms with Crippen molar-refractivity contribution in [1.29, 1.82) is 0 Å². The number of thioether (sulfide) groups is 1. The molecule has 2 amide bonds. The van der Waals surface area contributed by atoms with Gasteiger partial charge in [0, 0.05) is 17.8 Å². The summed E-state index contributed by atoms with van der Waals surface area (Å²) < 4.78 is 5.69. The Kier molecular flexibility index (Phi) is 7.40. The zero-order valence-electron chi connectivity index (χ0n) is 18.7. The molecule has 1 saturated heterocycles. The molecular weight excluding hydrogens is 528 g/mol. The van der Waals surface area contributed by atoms with Crippen molar-refractivity contribution in [3.8, 4) is 0 Å². The van der Waals surface area contributed by atoms with Crippen LogP contribution in [0.3, 0.4) is 0 Å². The number of pyridine rings is 1. The largest absolute Gasteiger partial charge is 0.490 e. The van der Waals surface area contributed by atoms with Crippen LogP contribution in [0, 0.1) is 0 Å². The van der Waals surface area contributed by atoms with Gasteiger partial charge in [0.1, 0.15) is 29.5 Å². The fraction of sp³-hybridized carbons (Fsp3) is 0.190. The lowest BCUT2D eigenvalue weighted by Crippen LogP contribution is -2.71. The first-order valence-corrected chi connectivity index (χ1v) is 12.2. The van der Waals surface area contributed by atoms with Crippen molar-refractivity contribution in [3.63, 3.8) is 0 Å². The number of carboxylic acid groups (broad SMARTS) is 2. The lowest BCUT2D eigenvalue weighted by Gasteiger charge is -2.48. The minimum atomic E-state index is -1.50. The number of hydrogen-bond donors (Lipinski definition) is 4. The van der Waals surface area contributed by atoms with Crippen LogP contribution in [0.15, 0.2) is 58.9 Å². The number of oxime groups is 1. The minimum Gasteiger partial charge on any atom is -0.490 e. The Morgan fingerprint density at radius 2 is 2.03 bits per heavy atom. The second kappa shape index (κ2) is 10.7. The van der Waals surface area contributed by atoms with E-state index in [2.05, 4.69) is 27.0 Å². The fourth-order valence-corrected chi connectivity index (χ4v) is 5.13. The van der Waals surface area contributed by atoms with Gasteiger partial charge >= 0.3 is 11.9 Å². The van der Waals surface area contributed by atoms with Crippen molar-refractivity contribution in [3.05, 3.63) is 65.0 Å². The molecule has 1 fully saturated rings. The van der Waals surface area contributed by atoms with Gasteiger partial charge in [-0.05, 0) is 24.3 Å². The number of carbonyl (C=O) groups excluding carboxylic acids is 2. The molecule has 37 heavy (non-hydrogen) atoms. The van der Waals surface area contributed by atoms with Crippen LogP contribution in [0.5, 0.6) is 0 Å². The van der Waals surface area contributed by atoms with Crippen LogP contribution < -0.4 is 11.1 Å². The van der Waals surface area contributed by atoms with Gasteiger partial charge in [-0.15, -0.1) is 23.1 Å². The highest BCUT2D eigenvalue weighted by Gasteiger charge is 2.55. The van der Waals surface area contributed by atoms with E-state index < -0.39 is 46.6 Å². The van der Waals surface area contributed by atoms with Crippen LogP contribution in [0.2, 0.25) is 0 Å². The van der Waals surface area contributed by atoms with Crippen molar-refractivity contribution >= 4 is 57.7 Å². The molecule has 2 aliphatic heterocycles. The molecule has 2 aromatic heterocycles. The van der Waals surface area contributed by atoms with Crippen molar-refractivity contribution in [1.82, 2.24) is 20.2 Å². The Balaban J connectivity index is 1.51. The highest BCUT2D eigenvalue weighted by molar-refractivity contribution is 8.00. The molecule has 0 bridgehead atoms. The molecule has 0 radical (unpaired) electrons. The summed E-state index contributed by atoms with van der Waals surface area (Å²) in [6, 6.07) is 2.33. The standard InChI is InChI=1S/C21H18N6O8S2/c1-9(19(30)31)35-26-13(11-7-37-21(22)24-11)16(28)25-14-17(29)27-15(20(32)33)12(8-36-18(14)27)34-6-10-2-4-23-5-3-10/h2-5,7,14,18H,1,6,8H2,(H2,22,24)(H,25,28)(H,30,31)(H,32,33)/b26-13-/t14-,18-/m1/s1. The van der Waals surface area contributed by atoms with Crippen molar-refractivity contribution in [2.45, 2.75) is 18.0 Å². The predicted molar refractivity (Wildman–Crippen MR) is 130 cm³/mol. The third kappa shape index (κ3) is 5.39. The van der Waals surface area contributed by atoms with Crippen LogP contribution in [-0.4, -0.2) is 71.7 Å². The number of carboxylic acids is 2. The molecule has 4 heterocycles. The molecule has 0 spiro atoms. The number of hydrogen-bond acceptors (Lipinski definition) is 12. The van der Waals surface area contributed by atoms with Gasteiger partial charge < -0.3 is 30.8 Å². The van der Waals surface area contributed by atoms with Crippen molar-refractivity contribution in [2.75, 3.05) is 11.5 Å². The number of aliphatic carboxylic acids is 2. The third-order valence-electron chi connectivity index (χ3n) is 5.05. The smallest absolute Gasteiger partial charge is 0.374 e. The van der Waals surface area contributed by atoms with E-state index in [0.717, 1.165) is 21.8 Å². The van der Waals surface area contributed by atoms with E-state index in [4.69, 9.17) is 20.4 Å². The molecule has 0 aromatic carbocycles. The number of nitrogens with two attached hydrogens (primary N) is 1. The quantitative estimate of drug-likeness (QED) is 0.105. The minimum absolute atomic E-state index is 0.0176. The molecule has 0 unspecified atom stereocenters. The van der Waals surface area contributed by atoms with Gasteiger partial charge in [-0.25, -0.2) is 14.6 Å². The van der Waals surface area contributed by atoms with Crippen LogP contribution in [0.4, 0.5) is 5.13 Å². The average molecular weight is 547 g/mol. The highest BCUT2D eigenvalue weighted by atomic mass is 32.2. The predicted octanol–water partition coefficient (Wildman–Crippen LogP) is 0.352. The van der Waals surface area contributed by atoms with E-state index in [0.29, 0.717) is 0 Å². The molecular formula is C21H18N6O8S2. The number of ether oxygens (including phenoxy) is 1. The van der Waals surface area contributed by atoms with Crippen LogP contribution >= 0.6 is 23.1 Å². The van der Waals surface area contributed by atoms with E-state index in [1.54, 1.807) is 24.5 Å². The highest BCUT2D eigenvalue weighted by Crippen LogP contribution is 2.40. The number of rotatable bonds is 10. The van der Waals surface area contributed by atoms with Gasteiger partial charge in [0.15, 0.2) is 16.5 Å². The first-order chi connectivity index (χ1) is 17.7. The maximum Gasteiger partial charge on any atom is 0.374 e. The average Bonchev–Trinajstić information content (AvgIpc) is 3.31. The second-order valence-electron chi connectivity index (χ2n) is 7.41. The molecule has 4 rings (SSSR count). The van der Waals surface area contributed by atoms with Gasteiger partial charge in [0.05, 0.1) is 5.75 Å². The van der Waals surface area contributed by atoms with Gasteiger partial charge in [-0.3, -0.25) is 19.5 Å². The maximum absolute atomic E-state index is 13.0. The molecule has 16 heteroatoms. The number of fused-ring (bicyclic) bond motifs is 1. The summed E-state index contributed by atoms with van der Waals surface area (Å²) in [6.45, 7) is 3.25. The normalized spacial score (nSPS) is 19.0. The SMILES string of the molecule is C=C(O/N=C(\C(=O)N[C@@H]1C(=O)N2C(C(=O)O)=C(OCc3ccncc3)CS[C@H]12)c1csc(N)n1)C(=O)O.